The van der Waals surface area contributed by atoms with Crippen LogP contribution < -0.4 is 16.4 Å². The first-order valence-electron chi connectivity index (χ1n) is 12.1. The summed E-state index contributed by atoms with van der Waals surface area (Å²) in [7, 11) is 0. The number of aryl methyl sites for hydroxylation is 1. The molecule has 0 atom stereocenters. The Labute approximate surface area is 210 Å². The molecule has 0 saturated heterocycles. The molecule has 188 valence electrons. The number of nitrogens with zero attached hydrogens (tertiary/aromatic N) is 2. The predicted molar refractivity (Wildman–Crippen MR) is 139 cm³/mol. The number of carbonyl (C=O) groups is 2. The number of esters is 1. The molecule has 1 aliphatic carbocycles. The highest BCUT2D eigenvalue weighted by Crippen LogP contribution is 2.42. The van der Waals surface area contributed by atoms with Crippen molar-refractivity contribution >= 4 is 29.1 Å². The van der Waals surface area contributed by atoms with Crippen molar-refractivity contribution in [1.29, 1.82) is 0 Å². The number of halogens is 1. The molecule has 3 aromatic rings. The second-order valence-electron chi connectivity index (χ2n) is 9.17. The maximum Gasteiger partial charge on any atom is 0.302 e. The highest BCUT2D eigenvalue weighted by Gasteiger charge is 2.29. The fourth-order valence-corrected chi connectivity index (χ4v) is 4.51. The summed E-state index contributed by atoms with van der Waals surface area (Å²) in [4.78, 5) is 31.2. The van der Waals surface area contributed by atoms with Crippen molar-refractivity contribution in [2.75, 3.05) is 22.9 Å². The third kappa shape index (κ3) is 5.03. The number of rotatable bonds is 8. The van der Waals surface area contributed by atoms with Gasteiger partial charge in [0.05, 0.1) is 16.9 Å². The van der Waals surface area contributed by atoms with E-state index in [4.69, 9.17) is 16.2 Å². The lowest BCUT2D eigenvalue weighted by atomic mass is 9.96. The smallest absolute Gasteiger partial charge is 0.302 e. The van der Waals surface area contributed by atoms with Gasteiger partial charge in [0.15, 0.2) is 0 Å². The Morgan fingerprint density at radius 2 is 1.92 bits per heavy atom. The topological polar surface area (TPSA) is 112 Å². The van der Waals surface area contributed by atoms with Crippen LogP contribution in [-0.4, -0.2) is 23.4 Å². The maximum atomic E-state index is 15.3. The van der Waals surface area contributed by atoms with E-state index < -0.39 is 17.7 Å². The summed E-state index contributed by atoms with van der Waals surface area (Å²) in [6.45, 7) is 5.26. The zero-order valence-corrected chi connectivity index (χ0v) is 20.8. The first kappa shape index (κ1) is 25.2. The minimum atomic E-state index is -0.521. The molecule has 4 N–H and O–H groups in total. The number of carbonyl (C=O) groups excluding carboxylic acids is 2. The first-order valence-corrected chi connectivity index (χ1v) is 12.1. The van der Waals surface area contributed by atoms with E-state index in [0.717, 1.165) is 18.4 Å². The van der Waals surface area contributed by atoms with Crippen LogP contribution in [0.4, 0.5) is 21.6 Å². The van der Waals surface area contributed by atoms with Crippen molar-refractivity contribution in [3.63, 3.8) is 0 Å². The number of benzene rings is 2. The van der Waals surface area contributed by atoms with Gasteiger partial charge in [-0.15, -0.1) is 0 Å². The van der Waals surface area contributed by atoms with E-state index >= 15 is 4.39 Å². The summed E-state index contributed by atoms with van der Waals surface area (Å²) >= 11 is 0. The molecule has 1 aliphatic rings. The van der Waals surface area contributed by atoms with Crippen LogP contribution in [0.2, 0.25) is 0 Å². The van der Waals surface area contributed by atoms with Crippen molar-refractivity contribution in [1.82, 2.24) is 4.98 Å². The van der Waals surface area contributed by atoms with Crippen LogP contribution >= 0.6 is 0 Å². The molecule has 0 unspecified atom stereocenters. The Bertz CT molecular complexity index is 1300. The highest BCUT2D eigenvalue weighted by molar-refractivity contribution is 6.08. The molecular formula is C28H31FN4O3. The first-order chi connectivity index (χ1) is 17.2. The summed E-state index contributed by atoms with van der Waals surface area (Å²) in [5.41, 5.74) is 16.4. The van der Waals surface area contributed by atoms with Crippen LogP contribution in [0.15, 0.2) is 42.6 Å². The minimum absolute atomic E-state index is 0.0457. The number of ether oxygens (including phenoxy) is 1. The summed E-state index contributed by atoms with van der Waals surface area (Å²) in [6.07, 6.45) is 4.26. The normalized spacial score (nSPS) is 12.9. The van der Waals surface area contributed by atoms with Crippen LogP contribution in [0.1, 0.15) is 66.1 Å². The number of hydrogen-bond donors (Lipinski definition) is 2. The van der Waals surface area contributed by atoms with Gasteiger partial charge in [-0.05, 0) is 67.0 Å². The molecule has 0 radical (unpaired) electrons. The van der Waals surface area contributed by atoms with Crippen molar-refractivity contribution in [3.8, 4) is 11.1 Å². The Hall–Kier alpha value is -3.94. The van der Waals surface area contributed by atoms with Crippen LogP contribution in [0.25, 0.3) is 11.1 Å². The number of nitrogens with two attached hydrogens (primary N) is 2. The quantitative estimate of drug-likeness (QED) is 0.411. The van der Waals surface area contributed by atoms with Crippen molar-refractivity contribution in [2.24, 2.45) is 0 Å². The molecule has 1 fully saturated rings. The van der Waals surface area contributed by atoms with E-state index in [1.807, 2.05) is 19.1 Å². The van der Waals surface area contributed by atoms with Gasteiger partial charge in [-0.2, -0.15) is 0 Å². The highest BCUT2D eigenvalue weighted by atomic mass is 19.1. The van der Waals surface area contributed by atoms with E-state index in [2.05, 4.69) is 4.98 Å². The monoisotopic (exact) mass is 490 g/mol. The molecule has 8 heteroatoms. The van der Waals surface area contributed by atoms with E-state index in [-0.39, 0.29) is 23.7 Å². The molecule has 1 saturated carbocycles. The standard InChI is InChI=1S/C28H31FN4O3/c1-4-12-33(28(35)25-16(2)13-19(14-23(25)29)18-8-9-18)24-7-5-6-20(22(24)15-36-17(3)34)21-10-11-32-27(31)26(21)30/h5-7,10-11,13-14,18H,4,8-9,12,15,30H2,1-3H3,(H2,31,32). The van der Waals surface area contributed by atoms with Gasteiger partial charge < -0.3 is 21.1 Å². The van der Waals surface area contributed by atoms with Crippen molar-refractivity contribution < 1.29 is 18.7 Å². The summed E-state index contributed by atoms with van der Waals surface area (Å²) in [5.74, 6) is -0.890. The molecule has 36 heavy (non-hydrogen) atoms. The molecule has 0 spiro atoms. The number of amides is 1. The van der Waals surface area contributed by atoms with Crippen LogP contribution in [0.3, 0.4) is 0 Å². The van der Waals surface area contributed by atoms with Gasteiger partial charge in [0.1, 0.15) is 18.2 Å². The van der Waals surface area contributed by atoms with Gasteiger partial charge in [-0.25, -0.2) is 9.37 Å². The minimum Gasteiger partial charge on any atom is -0.461 e. The van der Waals surface area contributed by atoms with E-state index in [1.54, 1.807) is 36.2 Å². The largest absolute Gasteiger partial charge is 0.461 e. The summed E-state index contributed by atoms with van der Waals surface area (Å²) in [5, 5.41) is 0. The number of pyridine rings is 1. The lowest BCUT2D eigenvalue weighted by molar-refractivity contribution is -0.142. The van der Waals surface area contributed by atoms with E-state index in [1.165, 1.54) is 13.0 Å². The summed E-state index contributed by atoms with van der Waals surface area (Å²) in [6, 6.07) is 10.5. The summed E-state index contributed by atoms with van der Waals surface area (Å²) < 4.78 is 20.7. The van der Waals surface area contributed by atoms with Crippen molar-refractivity contribution in [3.05, 3.63) is 70.7 Å². The van der Waals surface area contributed by atoms with Crippen molar-refractivity contribution in [2.45, 2.75) is 52.6 Å². The third-order valence-electron chi connectivity index (χ3n) is 6.44. The Morgan fingerprint density at radius 1 is 1.17 bits per heavy atom. The lowest BCUT2D eigenvalue weighted by Gasteiger charge is -2.27. The second kappa shape index (κ2) is 10.4. The van der Waals surface area contributed by atoms with Gasteiger partial charge in [0.2, 0.25) is 0 Å². The molecule has 0 bridgehead atoms. The van der Waals surface area contributed by atoms with Gasteiger partial charge >= 0.3 is 5.97 Å². The van der Waals surface area contributed by atoms with E-state index in [9.17, 15) is 9.59 Å². The number of hydrogen-bond acceptors (Lipinski definition) is 6. The zero-order valence-electron chi connectivity index (χ0n) is 20.8. The Morgan fingerprint density at radius 3 is 2.56 bits per heavy atom. The average molecular weight is 491 g/mol. The number of anilines is 3. The van der Waals surface area contributed by atoms with Crippen LogP contribution in [-0.2, 0) is 16.1 Å². The van der Waals surface area contributed by atoms with Gasteiger partial charge in [-0.1, -0.05) is 25.1 Å². The van der Waals surface area contributed by atoms with Crippen LogP contribution in [0.5, 0.6) is 0 Å². The lowest BCUT2D eigenvalue weighted by Crippen LogP contribution is -2.34. The average Bonchev–Trinajstić information content (AvgIpc) is 3.68. The fraction of sp³-hybridized carbons (Fsp3) is 0.321. The fourth-order valence-electron chi connectivity index (χ4n) is 4.51. The third-order valence-corrected chi connectivity index (χ3v) is 6.44. The molecule has 2 aromatic carbocycles. The molecule has 1 heterocycles. The van der Waals surface area contributed by atoms with Gasteiger partial charge in [0.25, 0.3) is 5.91 Å². The maximum absolute atomic E-state index is 15.3. The molecular weight excluding hydrogens is 459 g/mol. The SMILES string of the molecule is CCCN(C(=O)c1c(C)cc(C2CC2)cc1F)c1cccc(-c2ccnc(N)c2N)c1COC(C)=O. The van der Waals surface area contributed by atoms with Crippen LogP contribution in [0, 0.1) is 12.7 Å². The van der Waals surface area contributed by atoms with Gasteiger partial charge in [0, 0.05) is 30.8 Å². The number of nitrogen functional groups attached to an aromatic ring is 2. The predicted octanol–water partition coefficient (Wildman–Crippen LogP) is 5.36. The molecule has 1 amide bonds. The second-order valence-corrected chi connectivity index (χ2v) is 9.17. The molecule has 0 aliphatic heterocycles. The zero-order chi connectivity index (χ0) is 26.0. The number of aromatic nitrogens is 1. The molecule has 7 nitrogen and oxygen atoms in total. The Kier molecular flexibility index (Phi) is 7.24. The Balaban J connectivity index is 1.85. The van der Waals surface area contributed by atoms with E-state index in [0.29, 0.717) is 46.8 Å². The molecule has 1 aromatic heterocycles. The van der Waals surface area contributed by atoms with Gasteiger partial charge in [-0.3, -0.25) is 9.59 Å². The molecule has 4 rings (SSSR count).